The number of primary amides is 1. The molecule has 1 aliphatic carbocycles. The smallest absolute Gasteiger partial charge is 0.405 e. The van der Waals surface area contributed by atoms with E-state index < -0.39 is 36.2 Å². The van der Waals surface area contributed by atoms with E-state index in [1.807, 2.05) is 39.0 Å². The summed E-state index contributed by atoms with van der Waals surface area (Å²) < 4.78 is 23.5. The highest BCUT2D eigenvalue weighted by molar-refractivity contribution is 5.84. The number of benzene rings is 1. The Balaban J connectivity index is 1.44. The summed E-state index contributed by atoms with van der Waals surface area (Å²) in [5.74, 6) is -1.55. The minimum absolute atomic E-state index is 0.0652. The molecular weight excluding hydrogens is 544 g/mol. The third kappa shape index (κ3) is 8.87. The van der Waals surface area contributed by atoms with Gasteiger partial charge in [0.25, 0.3) is 5.91 Å². The summed E-state index contributed by atoms with van der Waals surface area (Å²) in [5, 5.41) is 18.7. The lowest BCUT2D eigenvalue weighted by molar-refractivity contribution is -0.170. The van der Waals surface area contributed by atoms with Gasteiger partial charge in [-0.2, -0.15) is 0 Å². The van der Waals surface area contributed by atoms with Crippen LogP contribution in [0.4, 0.5) is 4.79 Å². The molecule has 2 unspecified atom stereocenters. The quantitative estimate of drug-likeness (QED) is 0.189. The van der Waals surface area contributed by atoms with Crippen molar-refractivity contribution in [1.82, 2.24) is 16.0 Å². The molecule has 0 radical (unpaired) electrons. The maximum atomic E-state index is 13.6. The number of carbonyl (C=O) groups is 3. The Morgan fingerprint density at radius 2 is 2.00 bits per heavy atom. The molecular formula is C30H46N4O8. The Morgan fingerprint density at radius 1 is 1.24 bits per heavy atom. The lowest BCUT2D eigenvalue weighted by Crippen LogP contribution is -2.56. The van der Waals surface area contributed by atoms with Crippen LogP contribution in [0.25, 0.3) is 0 Å². The molecule has 0 bridgehead atoms. The first kappa shape index (κ1) is 32.2. The zero-order valence-corrected chi connectivity index (χ0v) is 24.8. The summed E-state index contributed by atoms with van der Waals surface area (Å²) in [5.41, 5.74) is 6.54. The number of rotatable bonds is 15. The minimum Gasteiger partial charge on any atom is -0.436 e. The first-order valence-corrected chi connectivity index (χ1v) is 15.0. The molecule has 2 heterocycles. The maximum Gasteiger partial charge on any atom is 0.405 e. The molecule has 12 heteroatoms. The predicted octanol–water partition coefficient (Wildman–Crippen LogP) is 1.34. The third-order valence-electron chi connectivity index (χ3n) is 8.18. The minimum atomic E-state index is -1.09. The molecule has 3 fully saturated rings. The highest BCUT2D eigenvalue weighted by Crippen LogP contribution is 2.40. The Labute approximate surface area is 247 Å². The zero-order chi connectivity index (χ0) is 30.3. The van der Waals surface area contributed by atoms with Crippen molar-refractivity contribution >= 4 is 17.9 Å². The lowest BCUT2D eigenvalue weighted by Gasteiger charge is -2.32. The number of nitrogens with two attached hydrogens (primary N) is 1. The van der Waals surface area contributed by atoms with Gasteiger partial charge in [-0.15, -0.1) is 0 Å². The van der Waals surface area contributed by atoms with Crippen LogP contribution in [0.3, 0.4) is 0 Å². The predicted molar refractivity (Wildman–Crippen MR) is 153 cm³/mol. The van der Waals surface area contributed by atoms with Crippen LogP contribution >= 0.6 is 0 Å². The molecule has 0 spiro atoms. The molecule has 1 aromatic rings. The number of carbonyl (C=O) groups excluding carboxylic acids is 3. The van der Waals surface area contributed by atoms with Crippen LogP contribution in [0.2, 0.25) is 0 Å². The highest BCUT2D eigenvalue weighted by atomic mass is 16.8. The zero-order valence-electron chi connectivity index (χ0n) is 24.8. The van der Waals surface area contributed by atoms with Crippen molar-refractivity contribution in [3.63, 3.8) is 0 Å². The number of aliphatic hydroxyl groups excluding tert-OH is 1. The number of aliphatic hydroxyl groups is 1. The molecule has 42 heavy (non-hydrogen) atoms. The first-order chi connectivity index (χ1) is 20.0. The topological polar surface area (TPSA) is 170 Å². The van der Waals surface area contributed by atoms with Crippen LogP contribution in [0, 0.1) is 11.8 Å². The summed E-state index contributed by atoms with van der Waals surface area (Å²) in [6, 6.07) is 9.75. The highest BCUT2D eigenvalue weighted by Gasteiger charge is 2.54. The van der Waals surface area contributed by atoms with Gasteiger partial charge in [0.1, 0.15) is 12.2 Å². The van der Waals surface area contributed by atoms with Gasteiger partial charge in [-0.1, -0.05) is 37.3 Å². The van der Waals surface area contributed by atoms with E-state index in [1.165, 1.54) is 5.56 Å². The van der Waals surface area contributed by atoms with E-state index >= 15 is 0 Å². The number of amides is 3. The molecule has 4 rings (SSSR count). The second-order valence-corrected chi connectivity index (χ2v) is 12.1. The Kier molecular flexibility index (Phi) is 11.2. The van der Waals surface area contributed by atoms with Gasteiger partial charge in [-0.05, 0) is 63.9 Å². The van der Waals surface area contributed by atoms with Gasteiger partial charge < -0.3 is 40.4 Å². The van der Waals surface area contributed by atoms with E-state index in [0.29, 0.717) is 32.2 Å². The fourth-order valence-corrected chi connectivity index (χ4v) is 6.24. The molecule has 8 atom stereocenters. The summed E-state index contributed by atoms with van der Waals surface area (Å²) in [6.45, 7) is 6.24. The van der Waals surface area contributed by atoms with Crippen LogP contribution in [-0.2, 0) is 35.0 Å². The van der Waals surface area contributed by atoms with Crippen LogP contribution in [0.1, 0.15) is 58.4 Å². The SMILES string of the molecule is CC(CCc1ccccc1)C[C@@H](OC(N)=O)C(=O)N[C@H](CC1CCNC1=O)N[C@H]1C[C@@H]2OC(C)(C)O[C@@H]2[C@H]1OCCO. The van der Waals surface area contributed by atoms with Gasteiger partial charge in [-0.3, -0.25) is 14.9 Å². The van der Waals surface area contributed by atoms with Crippen LogP contribution in [-0.4, -0.2) is 85.2 Å². The lowest BCUT2D eigenvalue weighted by atomic mass is 9.95. The van der Waals surface area contributed by atoms with Gasteiger partial charge in [-0.25, -0.2) is 4.79 Å². The van der Waals surface area contributed by atoms with Gasteiger partial charge in [0.05, 0.1) is 25.5 Å². The van der Waals surface area contributed by atoms with Crippen LogP contribution in [0.5, 0.6) is 0 Å². The number of hydrogen-bond acceptors (Lipinski definition) is 9. The summed E-state index contributed by atoms with van der Waals surface area (Å²) in [6.07, 6.45) is -0.347. The maximum absolute atomic E-state index is 13.6. The first-order valence-electron chi connectivity index (χ1n) is 15.0. The van der Waals surface area contributed by atoms with Gasteiger partial charge in [0.2, 0.25) is 5.91 Å². The number of ether oxygens (including phenoxy) is 4. The van der Waals surface area contributed by atoms with Gasteiger partial charge >= 0.3 is 6.09 Å². The summed E-state index contributed by atoms with van der Waals surface area (Å²) >= 11 is 0. The Bertz CT molecular complexity index is 1060. The normalized spacial score (nSPS) is 28.5. The van der Waals surface area contributed by atoms with Crippen molar-refractivity contribution in [2.45, 2.75) is 102 Å². The second kappa shape index (κ2) is 14.6. The Morgan fingerprint density at radius 3 is 2.67 bits per heavy atom. The summed E-state index contributed by atoms with van der Waals surface area (Å²) in [4.78, 5) is 37.8. The van der Waals surface area contributed by atoms with Crippen molar-refractivity contribution in [2.75, 3.05) is 19.8 Å². The van der Waals surface area contributed by atoms with Gasteiger partial charge in [0, 0.05) is 18.5 Å². The average Bonchev–Trinajstić information content (AvgIpc) is 3.57. The van der Waals surface area contributed by atoms with Gasteiger partial charge in [0.15, 0.2) is 11.9 Å². The fraction of sp³-hybridized carbons (Fsp3) is 0.700. The van der Waals surface area contributed by atoms with E-state index in [-0.39, 0.29) is 49.2 Å². The molecule has 3 amide bonds. The number of aryl methyl sites for hydroxylation is 1. The molecule has 234 valence electrons. The van der Waals surface area contributed by atoms with E-state index in [1.54, 1.807) is 0 Å². The molecule has 1 saturated carbocycles. The molecule has 2 saturated heterocycles. The van der Waals surface area contributed by atoms with E-state index in [4.69, 9.17) is 24.7 Å². The second-order valence-electron chi connectivity index (χ2n) is 12.1. The molecule has 3 aliphatic rings. The van der Waals surface area contributed by atoms with E-state index in [2.05, 4.69) is 28.1 Å². The largest absolute Gasteiger partial charge is 0.436 e. The molecule has 12 nitrogen and oxygen atoms in total. The number of fused-ring (bicyclic) bond motifs is 1. The van der Waals surface area contributed by atoms with Crippen molar-refractivity contribution in [2.24, 2.45) is 17.6 Å². The third-order valence-corrected chi connectivity index (χ3v) is 8.18. The van der Waals surface area contributed by atoms with Crippen molar-refractivity contribution in [1.29, 1.82) is 0 Å². The number of nitrogens with one attached hydrogen (secondary N) is 3. The summed E-state index contributed by atoms with van der Waals surface area (Å²) in [7, 11) is 0. The van der Waals surface area contributed by atoms with E-state index in [0.717, 1.165) is 12.8 Å². The number of hydrogen-bond donors (Lipinski definition) is 5. The van der Waals surface area contributed by atoms with Crippen LogP contribution < -0.4 is 21.7 Å². The monoisotopic (exact) mass is 590 g/mol. The van der Waals surface area contributed by atoms with Crippen LogP contribution in [0.15, 0.2) is 30.3 Å². The standard InChI is InChI=1S/C30H46N4O8/c1-18(9-10-19-7-5-4-6-8-19)15-23(40-29(31)38)28(37)34-24(16-20-11-12-32-27(20)36)33-21-17-22-26(25(21)39-14-13-35)42-30(2,3)41-22/h4-8,18,20-26,33,35H,9-17H2,1-3H3,(H2,31,38)(H,32,36)(H,34,37)/t18?,20?,21-,22-,23+,24+,25-,26-/m0/s1. The van der Waals surface area contributed by atoms with Crippen molar-refractivity contribution in [3.05, 3.63) is 35.9 Å². The molecule has 2 aliphatic heterocycles. The van der Waals surface area contributed by atoms with Crippen molar-refractivity contribution in [3.8, 4) is 0 Å². The van der Waals surface area contributed by atoms with E-state index in [9.17, 15) is 19.5 Å². The molecule has 0 aromatic heterocycles. The molecule has 1 aromatic carbocycles. The Hall–Kier alpha value is -2.77. The van der Waals surface area contributed by atoms with Crippen molar-refractivity contribution < 1.29 is 38.4 Å². The average molecular weight is 591 g/mol. The molecule has 6 N–H and O–H groups in total. The fourth-order valence-electron chi connectivity index (χ4n) is 6.24.